The summed E-state index contributed by atoms with van der Waals surface area (Å²) in [6.07, 6.45) is 0. The van der Waals surface area contributed by atoms with Gasteiger partial charge in [-0.25, -0.2) is 0 Å². The van der Waals surface area contributed by atoms with Crippen LogP contribution in [0.3, 0.4) is 0 Å². The Balaban J connectivity index is 2.73. The summed E-state index contributed by atoms with van der Waals surface area (Å²) in [7, 11) is 0. The summed E-state index contributed by atoms with van der Waals surface area (Å²) in [5.74, 6) is 0.188. The van der Waals surface area contributed by atoms with E-state index in [1.54, 1.807) is 0 Å². The van der Waals surface area contributed by atoms with Crippen molar-refractivity contribution in [2.75, 3.05) is 13.2 Å². The number of rotatable bonds is 5. The summed E-state index contributed by atoms with van der Waals surface area (Å²) in [6, 6.07) is 3.33. The van der Waals surface area contributed by atoms with E-state index in [0.717, 1.165) is 11.1 Å². The van der Waals surface area contributed by atoms with Crippen molar-refractivity contribution < 1.29 is 15.3 Å². The Morgan fingerprint density at radius 1 is 1.31 bits per heavy atom. The highest BCUT2D eigenvalue weighted by atomic mass is 79.9. The van der Waals surface area contributed by atoms with Gasteiger partial charge in [0.05, 0.1) is 23.7 Å². The molecule has 0 aliphatic heterocycles. The Kier molecular flexibility index (Phi) is 5.21. The highest BCUT2D eigenvalue weighted by Crippen LogP contribution is 2.29. The predicted molar refractivity (Wildman–Crippen MR) is 65.3 cm³/mol. The summed E-state index contributed by atoms with van der Waals surface area (Å²) < 4.78 is 0.647. The molecule has 0 fully saturated rings. The van der Waals surface area contributed by atoms with Crippen molar-refractivity contribution in [3.05, 3.63) is 27.7 Å². The second kappa shape index (κ2) is 6.20. The van der Waals surface area contributed by atoms with Gasteiger partial charge in [0.25, 0.3) is 0 Å². The molecule has 0 heterocycles. The van der Waals surface area contributed by atoms with Gasteiger partial charge in [-0.05, 0) is 34.5 Å². The molecule has 0 amide bonds. The zero-order valence-electron chi connectivity index (χ0n) is 9.07. The van der Waals surface area contributed by atoms with Gasteiger partial charge in [0.2, 0.25) is 0 Å². The van der Waals surface area contributed by atoms with Crippen LogP contribution < -0.4 is 5.32 Å². The lowest BCUT2D eigenvalue weighted by atomic mass is 10.1. The minimum atomic E-state index is -0.362. The monoisotopic (exact) mass is 289 g/mol. The first-order valence-electron chi connectivity index (χ1n) is 5.01. The van der Waals surface area contributed by atoms with E-state index >= 15 is 0 Å². The molecule has 0 aromatic heterocycles. The minimum Gasteiger partial charge on any atom is -0.506 e. The van der Waals surface area contributed by atoms with Gasteiger partial charge in [0, 0.05) is 12.1 Å². The molecule has 4 nitrogen and oxygen atoms in total. The number of aliphatic hydroxyl groups excluding tert-OH is 2. The van der Waals surface area contributed by atoms with E-state index in [4.69, 9.17) is 10.2 Å². The number of phenolic OH excluding ortho intramolecular Hbond substituents is 1. The van der Waals surface area contributed by atoms with Crippen molar-refractivity contribution in [2.24, 2.45) is 0 Å². The summed E-state index contributed by atoms with van der Waals surface area (Å²) in [6.45, 7) is 2.07. The van der Waals surface area contributed by atoms with Gasteiger partial charge in [0.15, 0.2) is 0 Å². The topological polar surface area (TPSA) is 72.7 Å². The van der Waals surface area contributed by atoms with Crippen molar-refractivity contribution in [2.45, 2.75) is 19.5 Å². The molecule has 0 unspecified atom stereocenters. The molecular weight excluding hydrogens is 274 g/mol. The molecular formula is C11H16BrNO3. The first-order chi connectivity index (χ1) is 7.58. The van der Waals surface area contributed by atoms with Crippen molar-refractivity contribution in [3.8, 4) is 5.75 Å². The largest absolute Gasteiger partial charge is 0.506 e. The predicted octanol–water partition coefficient (Wildman–Crippen LogP) is 0.906. The second-order valence-corrected chi connectivity index (χ2v) is 4.55. The molecule has 0 aliphatic rings. The molecule has 0 saturated carbocycles. The zero-order valence-corrected chi connectivity index (χ0v) is 10.7. The lowest BCUT2D eigenvalue weighted by Crippen LogP contribution is -2.35. The van der Waals surface area contributed by atoms with Crippen molar-refractivity contribution in [1.82, 2.24) is 5.32 Å². The molecule has 0 atom stereocenters. The summed E-state index contributed by atoms with van der Waals surface area (Å²) in [4.78, 5) is 0. The number of benzene rings is 1. The van der Waals surface area contributed by atoms with Gasteiger partial charge in [-0.1, -0.05) is 6.07 Å². The van der Waals surface area contributed by atoms with Gasteiger partial charge in [-0.2, -0.15) is 0 Å². The molecule has 1 aromatic carbocycles. The van der Waals surface area contributed by atoms with Crippen molar-refractivity contribution >= 4 is 15.9 Å². The highest BCUT2D eigenvalue weighted by molar-refractivity contribution is 9.10. The minimum absolute atomic E-state index is 0.135. The van der Waals surface area contributed by atoms with E-state index in [0.29, 0.717) is 11.0 Å². The van der Waals surface area contributed by atoms with Crippen LogP contribution in [0.5, 0.6) is 5.75 Å². The van der Waals surface area contributed by atoms with Crippen molar-refractivity contribution in [3.63, 3.8) is 0 Å². The van der Waals surface area contributed by atoms with E-state index in [1.807, 2.05) is 19.1 Å². The number of hydrogen-bond acceptors (Lipinski definition) is 4. The maximum absolute atomic E-state index is 9.77. The van der Waals surface area contributed by atoms with Crippen LogP contribution in [0.4, 0.5) is 0 Å². The summed E-state index contributed by atoms with van der Waals surface area (Å²) in [5.41, 5.74) is 1.77. The van der Waals surface area contributed by atoms with Gasteiger partial charge >= 0.3 is 0 Å². The number of nitrogens with one attached hydrogen (secondary N) is 1. The van der Waals surface area contributed by atoms with Gasteiger partial charge in [0.1, 0.15) is 5.75 Å². The van der Waals surface area contributed by atoms with Crippen LogP contribution in [0.2, 0.25) is 0 Å². The Morgan fingerprint density at radius 2 is 1.94 bits per heavy atom. The van der Waals surface area contributed by atoms with Crippen molar-refractivity contribution in [1.29, 1.82) is 0 Å². The smallest absolute Gasteiger partial charge is 0.134 e. The van der Waals surface area contributed by atoms with Crippen LogP contribution in [0.1, 0.15) is 11.1 Å². The molecule has 0 radical (unpaired) electrons. The van der Waals surface area contributed by atoms with Crippen LogP contribution in [0, 0.1) is 6.92 Å². The number of hydrogen-bond donors (Lipinski definition) is 4. The van der Waals surface area contributed by atoms with Crippen LogP contribution >= 0.6 is 15.9 Å². The molecule has 16 heavy (non-hydrogen) atoms. The quantitative estimate of drug-likeness (QED) is 0.650. The average molecular weight is 290 g/mol. The Labute approximate surface area is 103 Å². The molecule has 90 valence electrons. The number of aryl methyl sites for hydroxylation is 1. The third-order valence-corrected chi connectivity index (χ3v) is 2.91. The van der Waals surface area contributed by atoms with E-state index in [-0.39, 0.29) is 25.0 Å². The average Bonchev–Trinajstić information content (AvgIpc) is 2.26. The molecule has 5 heteroatoms. The first-order valence-corrected chi connectivity index (χ1v) is 5.81. The number of phenols is 1. The van der Waals surface area contributed by atoms with E-state index in [2.05, 4.69) is 21.2 Å². The Bertz CT molecular complexity index is 353. The zero-order chi connectivity index (χ0) is 12.1. The molecule has 0 aliphatic carbocycles. The maximum Gasteiger partial charge on any atom is 0.134 e. The highest BCUT2D eigenvalue weighted by Gasteiger charge is 2.09. The molecule has 1 aromatic rings. The third kappa shape index (κ3) is 3.45. The maximum atomic E-state index is 9.77. The molecule has 0 spiro atoms. The van der Waals surface area contributed by atoms with Crippen LogP contribution in [0.15, 0.2) is 16.6 Å². The molecule has 1 rings (SSSR count). The SMILES string of the molecule is Cc1cc(Br)c(O)c(CNC(CO)CO)c1. The Morgan fingerprint density at radius 3 is 2.50 bits per heavy atom. The molecule has 4 N–H and O–H groups in total. The fourth-order valence-electron chi connectivity index (χ4n) is 1.38. The fourth-order valence-corrected chi connectivity index (χ4v) is 2.00. The van der Waals surface area contributed by atoms with Crippen LogP contribution in [-0.4, -0.2) is 34.6 Å². The lowest BCUT2D eigenvalue weighted by molar-refractivity contribution is 0.170. The number of aromatic hydroxyl groups is 1. The lowest BCUT2D eigenvalue weighted by Gasteiger charge is -2.14. The normalized spacial score (nSPS) is 11.1. The third-order valence-electron chi connectivity index (χ3n) is 2.31. The van der Waals surface area contributed by atoms with Crippen LogP contribution in [0.25, 0.3) is 0 Å². The second-order valence-electron chi connectivity index (χ2n) is 3.70. The van der Waals surface area contributed by atoms with E-state index in [9.17, 15) is 5.11 Å². The number of aliphatic hydroxyl groups is 2. The van der Waals surface area contributed by atoms with Gasteiger partial charge in [-0.3, -0.25) is 0 Å². The standard InChI is InChI=1S/C11H16BrNO3/c1-7-2-8(11(16)10(12)3-7)4-13-9(5-14)6-15/h2-3,9,13-16H,4-6H2,1H3. The summed E-state index contributed by atoms with van der Waals surface area (Å²) >= 11 is 3.26. The summed E-state index contributed by atoms with van der Waals surface area (Å²) in [5, 5.41) is 30.5. The van der Waals surface area contributed by atoms with Gasteiger partial charge < -0.3 is 20.6 Å². The van der Waals surface area contributed by atoms with Gasteiger partial charge in [-0.15, -0.1) is 0 Å². The van der Waals surface area contributed by atoms with E-state index < -0.39 is 0 Å². The first kappa shape index (κ1) is 13.4. The number of halogens is 1. The Hall–Kier alpha value is -0.620. The van der Waals surface area contributed by atoms with Crippen LogP contribution in [-0.2, 0) is 6.54 Å². The fraction of sp³-hybridized carbons (Fsp3) is 0.455. The van der Waals surface area contributed by atoms with E-state index in [1.165, 1.54) is 0 Å². The molecule has 0 saturated heterocycles. The molecule has 0 bridgehead atoms.